The zero-order chi connectivity index (χ0) is 20.8. The summed E-state index contributed by atoms with van der Waals surface area (Å²) in [4.78, 5) is 30.0. The molecule has 0 bridgehead atoms. The fourth-order valence-electron chi connectivity index (χ4n) is 4.41. The first-order valence-corrected chi connectivity index (χ1v) is 9.98. The Balaban J connectivity index is 1.31. The number of fused-ring (bicyclic) bond motifs is 1. The molecule has 4 heterocycles. The summed E-state index contributed by atoms with van der Waals surface area (Å²) >= 11 is 0. The number of likely N-dealkylation sites (tertiary alicyclic amines) is 1. The zero-order valence-corrected chi connectivity index (χ0v) is 16.9. The molecular formula is C21H22FN7O. The third-order valence-corrected chi connectivity index (χ3v) is 5.96. The lowest BCUT2D eigenvalue weighted by Crippen LogP contribution is -2.34. The monoisotopic (exact) mass is 407 g/mol. The maximum Gasteiger partial charge on any atom is 0.254 e. The summed E-state index contributed by atoms with van der Waals surface area (Å²) in [5.74, 6) is 1.43. The smallest absolute Gasteiger partial charge is 0.254 e. The summed E-state index contributed by atoms with van der Waals surface area (Å²) in [6.07, 6.45) is 2.86. The molecule has 0 spiro atoms. The van der Waals surface area contributed by atoms with Gasteiger partial charge in [-0.3, -0.25) is 9.48 Å². The Morgan fingerprint density at radius 2 is 1.83 bits per heavy atom. The van der Waals surface area contributed by atoms with Crippen molar-refractivity contribution in [2.24, 2.45) is 18.9 Å². The van der Waals surface area contributed by atoms with Crippen molar-refractivity contribution in [3.63, 3.8) is 0 Å². The highest BCUT2D eigenvalue weighted by Crippen LogP contribution is 2.34. The number of benzene rings is 1. The van der Waals surface area contributed by atoms with E-state index in [-0.39, 0.29) is 5.91 Å². The minimum atomic E-state index is -0.393. The molecule has 1 amide bonds. The van der Waals surface area contributed by atoms with E-state index in [0.29, 0.717) is 48.0 Å². The fraction of sp³-hybridized carbons (Fsp3) is 0.381. The lowest BCUT2D eigenvalue weighted by atomic mass is 10.0. The first-order chi connectivity index (χ1) is 14.5. The molecule has 2 saturated heterocycles. The molecule has 30 heavy (non-hydrogen) atoms. The molecule has 8 nitrogen and oxygen atoms in total. The van der Waals surface area contributed by atoms with Crippen LogP contribution in [-0.2, 0) is 7.05 Å². The van der Waals surface area contributed by atoms with Crippen LogP contribution in [0.5, 0.6) is 0 Å². The second-order valence-corrected chi connectivity index (χ2v) is 8.03. The molecule has 5 rings (SSSR count). The number of carbonyl (C=O) groups excluding carboxylic acids is 1. The van der Waals surface area contributed by atoms with Crippen LogP contribution >= 0.6 is 0 Å². The van der Waals surface area contributed by atoms with Crippen molar-refractivity contribution in [1.82, 2.24) is 29.6 Å². The van der Waals surface area contributed by atoms with E-state index >= 15 is 0 Å². The van der Waals surface area contributed by atoms with Gasteiger partial charge in [-0.15, -0.1) is 0 Å². The van der Waals surface area contributed by atoms with Crippen LogP contribution in [0.15, 0.2) is 36.8 Å². The van der Waals surface area contributed by atoms with Crippen molar-refractivity contribution in [2.75, 3.05) is 31.1 Å². The number of nitrogens with zero attached hydrogens (tertiary/aromatic N) is 7. The summed E-state index contributed by atoms with van der Waals surface area (Å²) in [7, 11) is 1.81. The van der Waals surface area contributed by atoms with Crippen LogP contribution in [0.4, 0.5) is 10.3 Å². The Morgan fingerprint density at radius 3 is 2.50 bits per heavy atom. The lowest BCUT2D eigenvalue weighted by molar-refractivity contribution is 0.0783. The second kappa shape index (κ2) is 7.16. The maximum absolute atomic E-state index is 13.5. The van der Waals surface area contributed by atoms with Gasteiger partial charge in [0.25, 0.3) is 5.91 Å². The van der Waals surface area contributed by atoms with Crippen molar-refractivity contribution in [3.8, 4) is 11.4 Å². The molecule has 0 radical (unpaired) electrons. The Bertz CT molecular complexity index is 1100. The third-order valence-electron chi connectivity index (χ3n) is 5.96. The quantitative estimate of drug-likeness (QED) is 0.660. The molecule has 2 aliphatic rings. The molecule has 9 heteroatoms. The Hall–Kier alpha value is -3.36. The van der Waals surface area contributed by atoms with Crippen LogP contribution in [0, 0.1) is 24.6 Å². The molecule has 2 aromatic heterocycles. The largest absolute Gasteiger partial charge is 0.340 e. The molecule has 2 unspecified atom stereocenters. The Kier molecular flexibility index (Phi) is 4.45. The molecule has 0 N–H and O–H groups in total. The maximum atomic E-state index is 13.5. The summed E-state index contributed by atoms with van der Waals surface area (Å²) in [5, 5.41) is 4.35. The summed E-state index contributed by atoms with van der Waals surface area (Å²) in [6, 6.07) is 7.48. The fourth-order valence-corrected chi connectivity index (χ4v) is 4.41. The van der Waals surface area contributed by atoms with Gasteiger partial charge >= 0.3 is 0 Å². The summed E-state index contributed by atoms with van der Waals surface area (Å²) in [6.45, 7) is 4.55. The number of aromatic nitrogens is 5. The van der Waals surface area contributed by atoms with Gasteiger partial charge in [-0.25, -0.2) is 19.3 Å². The van der Waals surface area contributed by atoms with Crippen LogP contribution in [0.3, 0.4) is 0 Å². The Labute approximate surface area is 173 Å². The van der Waals surface area contributed by atoms with Crippen molar-refractivity contribution in [3.05, 3.63) is 53.9 Å². The molecule has 1 aromatic carbocycles. The number of carbonyl (C=O) groups is 1. The van der Waals surface area contributed by atoms with Crippen molar-refractivity contribution >= 4 is 11.9 Å². The minimum Gasteiger partial charge on any atom is -0.340 e. The van der Waals surface area contributed by atoms with E-state index in [0.717, 1.165) is 18.7 Å². The standard InChI is InChI=1S/C21H22FN7O/c1-13-18(22)7-23-21(25-13)29-10-14-8-28(9-15(14)11-29)20(30)17-6-4-3-5-16(17)19-24-12-27(2)26-19/h3-7,12,14-15H,8-11H2,1-2H3. The van der Waals surface area contributed by atoms with Crippen LogP contribution in [0.2, 0.25) is 0 Å². The molecule has 154 valence electrons. The molecule has 2 aliphatic heterocycles. The third kappa shape index (κ3) is 3.20. The van der Waals surface area contributed by atoms with E-state index in [4.69, 9.17) is 0 Å². The van der Waals surface area contributed by atoms with E-state index in [1.807, 2.05) is 29.2 Å². The van der Waals surface area contributed by atoms with Gasteiger partial charge in [0.2, 0.25) is 5.95 Å². The molecule has 2 atom stereocenters. The SMILES string of the molecule is Cc1nc(N2CC3CN(C(=O)c4ccccc4-c4ncn(C)n4)CC3C2)ncc1F. The summed E-state index contributed by atoms with van der Waals surface area (Å²) in [5.41, 5.74) is 1.73. The highest BCUT2D eigenvalue weighted by molar-refractivity contribution is 6.00. The van der Waals surface area contributed by atoms with Gasteiger partial charge in [-0.2, -0.15) is 5.10 Å². The topological polar surface area (TPSA) is 80.0 Å². The highest BCUT2D eigenvalue weighted by atomic mass is 19.1. The second-order valence-electron chi connectivity index (χ2n) is 8.03. The lowest BCUT2D eigenvalue weighted by Gasteiger charge is -2.22. The van der Waals surface area contributed by atoms with E-state index < -0.39 is 5.82 Å². The van der Waals surface area contributed by atoms with Gasteiger partial charge in [-0.1, -0.05) is 18.2 Å². The molecule has 0 aliphatic carbocycles. The number of amides is 1. The first-order valence-electron chi connectivity index (χ1n) is 9.98. The average Bonchev–Trinajstić information content (AvgIpc) is 3.44. The first kappa shape index (κ1) is 18.7. The van der Waals surface area contributed by atoms with Gasteiger partial charge in [0.1, 0.15) is 6.33 Å². The number of rotatable bonds is 3. The van der Waals surface area contributed by atoms with Crippen LogP contribution in [-0.4, -0.2) is 61.7 Å². The molecular weight excluding hydrogens is 385 g/mol. The zero-order valence-electron chi connectivity index (χ0n) is 16.9. The number of hydrogen-bond donors (Lipinski definition) is 0. The minimum absolute atomic E-state index is 0.00730. The van der Waals surface area contributed by atoms with Crippen LogP contribution < -0.4 is 4.90 Å². The van der Waals surface area contributed by atoms with Gasteiger partial charge in [0.15, 0.2) is 11.6 Å². The van der Waals surface area contributed by atoms with E-state index in [2.05, 4.69) is 25.0 Å². The van der Waals surface area contributed by atoms with Gasteiger partial charge in [-0.05, 0) is 13.0 Å². The van der Waals surface area contributed by atoms with Crippen LogP contribution in [0.25, 0.3) is 11.4 Å². The molecule has 3 aromatic rings. The number of hydrogen-bond acceptors (Lipinski definition) is 6. The molecule has 2 fully saturated rings. The predicted molar refractivity (Wildman–Crippen MR) is 108 cm³/mol. The summed E-state index contributed by atoms with van der Waals surface area (Å²) < 4.78 is 15.1. The van der Waals surface area contributed by atoms with Gasteiger partial charge < -0.3 is 9.80 Å². The molecule has 0 saturated carbocycles. The highest BCUT2D eigenvalue weighted by Gasteiger charge is 2.42. The average molecular weight is 407 g/mol. The van der Waals surface area contributed by atoms with Gasteiger partial charge in [0, 0.05) is 50.6 Å². The number of aryl methyl sites for hydroxylation is 2. The van der Waals surface area contributed by atoms with Crippen molar-refractivity contribution < 1.29 is 9.18 Å². The normalized spacial score (nSPS) is 20.6. The Morgan fingerprint density at radius 1 is 1.10 bits per heavy atom. The predicted octanol–water partition coefficient (Wildman–Crippen LogP) is 1.93. The van der Waals surface area contributed by atoms with E-state index in [1.54, 1.807) is 25.0 Å². The van der Waals surface area contributed by atoms with E-state index in [1.165, 1.54) is 6.20 Å². The van der Waals surface area contributed by atoms with Gasteiger partial charge in [0.05, 0.1) is 17.5 Å². The van der Waals surface area contributed by atoms with Crippen molar-refractivity contribution in [1.29, 1.82) is 0 Å². The van der Waals surface area contributed by atoms with E-state index in [9.17, 15) is 9.18 Å². The number of anilines is 1. The number of halogens is 1. The van der Waals surface area contributed by atoms with Crippen LogP contribution in [0.1, 0.15) is 16.1 Å². The van der Waals surface area contributed by atoms with Crippen molar-refractivity contribution in [2.45, 2.75) is 6.92 Å².